The number of nitrogens with zero attached hydrogens (tertiary/aromatic N) is 1. The first-order valence-electron chi connectivity index (χ1n) is 7.96. The third-order valence-corrected chi connectivity index (χ3v) is 5.05. The molecule has 4 nitrogen and oxygen atoms in total. The lowest BCUT2D eigenvalue weighted by Gasteiger charge is -2.33. The van der Waals surface area contributed by atoms with E-state index in [1.165, 1.54) is 32.1 Å². The van der Waals surface area contributed by atoms with Crippen LogP contribution in [0.15, 0.2) is 0 Å². The van der Waals surface area contributed by atoms with Gasteiger partial charge in [0, 0.05) is 19.1 Å². The molecule has 0 atom stereocenters. The standard InChI is InChI=1S/C15H29N3O/c1-2-12-3-5-13(6-4-12)11-17-14-7-9-18(10-8-14)15(16)19/h12-14,17H,2-11H2,1H3,(H2,16,19). The van der Waals surface area contributed by atoms with Crippen LogP contribution < -0.4 is 11.1 Å². The number of hydrogen-bond donors (Lipinski definition) is 2. The lowest BCUT2D eigenvalue weighted by molar-refractivity contribution is 0.181. The maximum atomic E-state index is 11.1. The van der Waals surface area contributed by atoms with Gasteiger partial charge in [0.15, 0.2) is 0 Å². The van der Waals surface area contributed by atoms with Gasteiger partial charge in [-0.3, -0.25) is 0 Å². The second-order valence-corrected chi connectivity index (χ2v) is 6.30. The summed E-state index contributed by atoms with van der Waals surface area (Å²) in [4.78, 5) is 12.8. The van der Waals surface area contributed by atoms with Crippen molar-refractivity contribution in [3.8, 4) is 0 Å². The number of carbonyl (C=O) groups excluding carboxylic acids is 1. The lowest BCUT2D eigenvalue weighted by Crippen LogP contribution is -2.47. The predicted octanol–water partition coefficient (Wildman–Crippen LogP) is 2.34. The molecule has 0 aromatic heterocycles. The molecule has 2 aliphatic rings. The van der Waals surface area contributed by atoms with Crippen LogP contribution in [0.1, 0.15) is 51.9 Å². The first-order chi connectivity index (χ1) is 9.19. The predicted molar refractivity (Wildman–Crippen MR) is 77.9 cm³/mol. The average molecular weight is 267 g/mol. The fraction of sp³-hybridized carbons (Fsp3) is 0.933. The molecule has 4 heteroatoms. The Labute approximate surface area is 117 Å². The van der Waals surface area contributed by atoms with Crippen molar-refractivity contribution in [3.63, 3.8) is 0 Å². The van der Waals surface area contributed by atoms with E-state index in [2.05, 4.69) is 12.2 Å². The second-order valence-electron chi connectivity index (χ2n) is 6.30. The van der Waals surface area contributed by atoms with Crippen molar-refractivity contribution >= 4 is 6.03 Å². The van der Waals surface area contributed by atoms with Crippen LogP contribution in [-0.2, 0) is 0 Å². The van der Waals surface area contributed by atoms with Gasteiger partial charge < -0.3 is 16.0 Å². The molecule has 1 aliphatic heterocycles. The maximum absolute atomic E-state index is 11.1. The fourth-order valence-corrected chi connectivity index (χ4v) is 3.48. The molecule has 2 fully saturated rings. The first-order valence-corrected chi connectivity index (χ1v) is 7.96. The molecule has 0 unspecified atom stereocenters. The van der Waals surface area contributed by atoms with E-state index in [1.807, 2.05) is 0 Å². The molecule has 0 spiro atoms. The highest BCUT2D eigenvalue weighted by atomic mass is 16.2. The lowest BCUT2D eigenvalue weighted by atomic mass is 9.81. The summed E-state index contributed by atoms with van der Waals surface area (Å²) in [6.07, 6.45) is 9.08. The van der Waals surface area contributed by atoms with E-state index in [0.717, 1.165) is 44.3 Å². The minimum absolute atomic E-state index is 0.267. The monoisotopic (exact) mass is 267 g/mol. The molecule has 0 aromatic rings. The van der Waals surface area contributed by atoms with Gasteiger partial charge in [-0.25, -0.2) is 4.79 Å². The Morgan fingerprint density at radius 1 is 1.11 bits per heavy atom. The van der Waals surface area contributed by atoms with Gasteiger partial charge in [0.05, 0.1) is 0 Å². The maximum Gasteiger partial charge on any atom is 0.314 e. The van der Waals surface area contributed by atoms with Crippen LogP contribution in [-0.4, -0.2) is 36.6 Å². The van der Waals surface area contributed by atoms with Crippen LogP contribution >= 0.6 is 0 Å². The first kappa shape index (κ1) is 14.6. The molecule has 0 aromatic carbocycles. The van der Waals surface area contributed by atoms with Crippen LogP contribution in [0.4, 0.5) is 4.79 Å². The van der Waals surface area contributed by atoms with E-state index in [1.54, 1.807) is 4.90 Å². The van der Waals surface area contributed by atoms with Gasteiger partial charge in [-0.15, -0.1) is 0 Å². The molecule has 0 bridgehead atoms. The van der Waals surface area contributed by atoms with Gasteiger partial charge in [0.2, 0.25) is 0 Å². The largest absolute Gasteiger partial charge is 0.351 e. The van der Waals surface area contributed by atoms with Gasteiger partial charge in [-0.1, -0.05) is 26.2 Å². The summed E-state index contributed by atoms with van der Waals surface area (Å²) in [6.45, 7) is 5.11. The highest BCUT2D eigenvalue weighted by molar-refractivity contribution is 5.72. The molecular weight excluding hydrogens is 238 g/mol. The molecule has 0 radical (unpaired) electrons. The van der Waals surface area contributed by atoms with E-state index in [-0.39, 0.29) is 6.03 Å². The van der Waals surface area contributed by atoms with Gasteiger partial charge in [0.25, 0.3) is 0 Å². The summed E-state index contributed by atoms with van der Waals surface area (Å²) in [5, 5.41) is 3.70. The second kappa shape index (κ2) is 7.13. The zero-order valence-corrected chi connectivity index (χ0v) is 12.2. The molecule has 1 heterocycles. The Bertz CT molecular complexity index is 279. The van der Waals surface area contributed by atoms with Gasteiger partial charge in [-0.2, -0.15) is 0 Å². The Hall–Kier alpha value is -0.770. The molecule has 1 saturated carbocycles. The molecule has 2 rings (SSSR count). The molecule has 3 N–H and O–H groups in total. The Balaban J connectivity index is 1.61. The van der Waals surface area contributed by atoms with Crippen LogP contribution in [0.3, 0.4) is 0 Å². The zero-order valence-electron chi connectivity index (χ0n) is 12.2. The van der Waals surface area contributed by atoms with E-state index in [0.29, 0.717) is 6.04 Å². The topological polar surface area (TPSA) is 58.4 Å². The highest BCUT2D eigenvalue weighted by Crippen LogP contribution is 2.30. The number of rotatable bonds is 4. The zero-order chi connectivity index (χ0) is 13.7. The van der Waals surface area contributed by atoms with Crippen molar-refractivity contribution < 1.29 is 4.79 Å². The van der Waals surface area contributed by atoms with E-state index < -0.39 is 0 Å². The van der Waals surface area contributed by atoms with Crippen LogP contribution in [0.2, 0.25) is 0 Å². The van der Waals surface area contributed by atoms with Crippen molar-refractivity contribution in [2.75, 3.05) is 19.6 Å². The summed E-state index contributed by atoms with van der Waals surface area (Å²) in [5.41, 5.74) is 5.30. The number of amides is 2. The number of nitrogens with two attached hydrogens (primary N) is 1. The Morgan fingerprint density at radius 2 is 1.68 bits per heavy atom. The van der Waals surface area contributed by atoms with Crippen molar-refractivity contribution in [3.05, 3.63) is 0 Å². The van der Waals surface area contributed by atoms with Crippen LogP contribution in [0.25, 0.3) is 0 Å². The van der Waals surface area contributed by atoms with E-state index >= 15 is 0 Å². The number of nitrogens with one attached hydrogen (secondary N) is 1. The van der Waals surface area contributed by atoms with Crippen LogP contribution in [0.5, 0.6) is 0 Å². The summed E-state index contributed by atoms with van der Waals surface area (Å²) in [6, 6.07) is 0.316. The van der Waals surface area contributed by atoms with Crippen molar-refractivity contribution in [2.24, 2.45) is 17.6 Å². The van der Waals surface area contributed by atoms with E-state index in [4.69, 9.17) is 5.73 Å². The Kier molecular flexibility index (Phi) is 5.49. The Morgan fingerprint density at radius 3 is 2.21 bits per heavy atom. The number of carbonyl (C=O) groups is 1. The van der Waals surface area contributed by atoms with Crippen molar-refractivity contribution in [2.45, 2.75) is 57.9 Å². The molecule has 1 aliphatic carbocycles. The molecule has 2 amide bonds. The number of urea groups is 1. The minimum atomic E-state index is -0.267. The summed E-state index contributed by atoms with van der Waals surface area (Å²) < 4.78 is 0. The highest BCUT2D eigenvalue weighted by Gasteiger charge is 2.23. The number of likely N-dealkylation sites (tertiary alicyclic amines) is 1. The molecule has 1 saturated heterocycles. The molecule has 110 valence electrons. The number of primary amides is 1. The SMILES string of the molecule is CCC1CCC(CNC2CCN(C(N)=O)CC2)CC1. The van der Waals surface area contributed by atoms with Crippen LogP contribution in [0, 0.1) is 11.8 Å². The third-order valence-electron chi connectivity index (χ3n) is 5.05. The van der Waals surface area contributed by atoms with Crippen molar-refractivity contribution in [1.82, 2.24) is 10.2 Å². The van der Waals surface area contributed by atoms with Gasteiger partial charge in [-0.05, 0) is 44.1 Å². The smallest absolute Gasteiger partial charge is 0.314 e. The molecular formula is C15H29N3O. The normalized spacial score (nSPS) is 29.4. The minimum Gasteiger partial charge on any atom is -0.351 e. The number of piperidine rings is 1. The summed E-state index contributed by atoms with van der Waals surface area (Å²) >= 11 is 0. The van der Waals surface area contributed by atoms with Gasteiger partial charge >= 0.3 is 6.03 Å². The third kappa shape index (κ3) is 4.37. The van der Waals surface area contributed by atoms with Crippen molar-refractivity contribution in [1.29, 1.82) is 0 Å². The average Bonchev–Trinajstić information content (AvgIpc) is 2.46. The quantitative estimate of drug-likeness (QED) is 0.821. The number of hydrogen-bond acceptors (Lipinski definition) is 2. The summed E-state index contributed by atoms with van der Waals surface area (Å²) in [7, 11) is 0. The fourth-order valence-electron chi connectivity index (χ4n) is 3.48. The van der Waals surface area contributed by atoms with Gasteiger partial charge in [0.1, 0.15) is 0 Å². The van der Waals surface area contributed by atoms with E-state index in [9.17, 15) is 4.79 Å². The molecule has 19 heavy (non-hydrogen) atoms. The summed E-state index contributed by atoms with van der Waals surface area (Å²) in [5.74, 6) is 1.85.